The quantitative estimate of drug-likeness (QED) is 0.693. The predicted octanol–water partition coefficient (Wildman–Crippen LogP) is 0.0457. The number of nitrogens with zero attached hydrogens (tertiary/aromatic N) is 1. The van der Waals surface area contributed by atoms with Crippen LogP contribution in [-0.4, -0.2) is 49.6 Å². The van der Waals surface area contributed by atoms with Gasteiger partial charge in [-0.25, -0.2) is 12.7 Å². The van der Waals surface area contributed by atoms with Gasteiger partial charge in [0.25, 0.3) is 0 Å². The van der Waals surface area contributed by atoms with Gasteiger partial charge in [0.2, 0.25) is 15.9 Å². The summed E-state index contributed by atoms with van der Waals surface area (Å²) in [6, 6.07) is 0. The van der Waals surface area contributed by atoms with Crippen molar-refractivity contribution >= 4 is 15.9 Å². The van der Waals surface area contributed by atoms with Gasteiger partial charge in [0.1, 0.15) is 0 Å². The van der Waals surface area contributed by atoms with Crippen LogP contribution < -0.4 is 11.1 Å². The lowest BCUT2D eigenvalue weighted by molar-refractivity contribution is -0.122. The van der Waals surface area contributed by atoms with Crippen LogP contribution >= 0.6 is 0 Å². The van der Waals surface area contributed by atoms with Gasteiger partial charge in [-0.1, -0.05) is 0 Å². The van der Waals surface area contributed by atoms with Crippen LogP contribution in [0.4, 0.5) is 0 Å². The fourth-order valence-electron chi connectivity index (χ4n) is 2.00. The van der Waals surface area contributed by atoms with E-state index < -0.39 is 15.6 Å². The standard InChI is InChI=1S/C12H25N3O3S/c1-12(2,10-13)14-11(16)6-5-9-19(17,18)15-7-3-4-8-15/h3-10,13H2,1-2H3,(H,14,16). The molecule has 0 aliphatic carbocycles. The van der Waals surface area contributed by atoms with Gasteiger partial charge in [-0.05, 0) is 33.1 Å². The Morgan fingerprint density at radius 1 is 1.32 bits per heavy atom. The number of carbonyl (C=O) groups excluding carboxylic acids is 1. The van der Waals surface area contributed by atoms with E-state index in [1.807, 2.05) is 13.8 Å². The van der Waals surface area contributed by atoms with Gasteiger partial charge in [-0.2, -0.15) is 0 Å². The molecule has 0 atom stereocenters. The average molecular weight is 291 g/mol. The molecule has 1 fully saturated rings. The topological polar surface area (TPSA) is 92.5 Å². The second-order valence-corrected chi connectivity index (χ2v) is 7.75. The molecule has 0 radical (unpaired) electrons. The van der Waals surface area contributed by atoms with E-state index in [0.29, 0.717) is 26.1 Å². The molecule has 7 heteroatoms. The highest BCUT2D eigenvalue weighted by molar-refractivity contribution is 7.89. The van der Waals surface area contributed by atoms with Crippen molar-refractivity contribution < 1.29 is 13.2 Å². The van der Waals surface area contributed by atoms with Crippen LogP contribution in [0.5, 0.6) is 0 Å². The van der Waals surface area contributed by atoms with E-state index in [0.717, 1.165) is 12.8 Å². The molecule has 0 bridgehead atoms. The third-order valence-corrected chi connectivity index (χ3v) is 5.21. The van der Waals surface area contributed by atoms with E-state index in [1.54, 1.807) is 0 Å². The van der Waals surface area contributed by atoms with Crippen LogP contribution in [0.1, 0.15) is 39.5 Å². The molecule has 3 N–H and O–H groups in total. The number of nitrogens with one attached hydrogen (secondary N) is 1. The number of sulfonamides is 1. The monoisotopic (exact) mass is 291 g/mol. The van der Waals surface area contributed by atoms with Crippen LogP contribution in [0, 0.1) is 0 Å². The molecule has 0 aromatic rings. The van der Waals surface area contributed by atoms with E-state index in [1.165, 1.54) is 4.31 Å². The van der Waals surface area contributed by atoms with Crippen molar-refractivity contribution in [1.82, 2.24) is 9.62 Å². The molecule has 0 unspecified atom stereocenters. The first kappa shape index (κ1) is 16.4. The lowest BCUT2D eigenvalue weighted by Crippen LogP contribution is -2.48. The molecule has 0 aromatic carbocycles. The highest BCUT2D eigenvalue weighted by Gasteiger charge is 2.25. The molecular weight excluding hydrogens is 266 g/mol. The zero-order valence-corrected chi connectivity index (χ0v) is 12.6. The predicted molar refractivity (Wildman–Crippen MR) is 75.1 cm³/mol. The molecule has 6 nitrogen and oxygen atoms in total. The van der Waals surface area contributed by atoms with Crippen molar-refractivity contribution in [3.63, 3.8) is 0 Å². The Morgan fingerprint density at radius 2 is 1.89 bits per heavy atom. The minimum atomic E-state index is -3.18. The normalized spacial score (nSPS) is 17.6. The minimum Gasteiger partial charge on any atom is -0.350 e. The summed E-state index contributed by atoms with van der Waals surface area (Å²) in [5.74, 6) is -0.101. The largest absolute Gasteiger partial charge is 0.350 e. The third kappa shape index (κ3) is 5.46. The van der Waals surface area contributed by atoms with Crippen LogP contribution in [0.25, 0.3) is 0 Å². The van der Waals surface area contributed by atoms with Gasteiger partial charge < -0.3 is 11.1 Å². The Labute approximate surface area is 115 Å². The highest BCUT2D eigenvalue weighted by atomic mass is 32.2. The fraction of sp³-hybridized carbons (Fsp3) is 0.917. The molecule has 1 rings (SSSR count). The summed E-state index contributed by atoms with van der Waals surface area (Å²) in [5.41, 5.74) is 5.08. The molecule has 0 aromatic heterocycles. The number of carbonyl (C=O) groups is 1. The molecule has 19 heavy (non-hydrogen) atoms. The van der Waals surface area contributed by atoms with Crippen molar-refractivity contribution in [1.29, 1.82) is 0 Å². The zero-order chi connectivity index (χ0) is 14.5. The van der Waals surface area contributed by atoms with Crippen LogP contribution in [0.15, 0.2) is 0 Å². The minimum absolute atomic E-state index is 0.0451. The summed E-state index contributed by atoms with van der Waals surface area (Å²) < 4.78 is 25.4. The Morgan fingerprint density at radius 3 is 2.42 bits per heavy atom. The van der Waals surface area contributed by atoms with Crippen LogP contribution in [-0.2, 0) is 14.8 Å². The van der Waals surface area contributed by atoms with E-state index in [9.17, 15) is 13.2 Å². The average Bonchev–Trinajstić information content (AvgIpc) is 2.82. The Kier molecular flexibility index (Phi) is 5.76. The van der Waals surface area contributed by atoms with Crippen LogP contribution in [0.3, 0.4) is 0 Å². The SMILES string of the molecule is CC(C)(CN)NC(=O)CCCS(=O)(=O)N1CCCC1. The summed E-state index contributed by atoms with van der Waals surface area (Å²) in [5, 5.41) is 2.79. The molecule has 1 saturated heterocycles. The van der Waals surface area contributed by atoms with E-state index in [2.05, 4.69) is 5.32 Å². The highest BCUT2D eigenvalue weighted by Crippen LogP contribution is 2.14. The van der Waals surface area contributed by atoms with Gasteiger partial charge in [-0.3, -0.25) is 4.79 Å². The smallest absolute Gasteiger partial charge is 0.220 e. The second kappa shape index (κ2) is 6.67. The van der Waals surface area contributed by atoms with Gasteiger partial charge in [0.05, 0.1) is 5.75 Å². The number of amides is 1. The van der Waals surface area contributed by atoms with Crippen molar-refractivity contribution in [2.45, 2.75) is 45.1 Å². The lowest BCUT2D eigenvalue weighted by atomic mass is 10.1. The van der Waals surface area contributed by atoms with Crippen molar-refractivity contribution in [2.75, 3.05) is 25.4 Å². The fourth-order valence-corrected chi connectivity index (χ4v) is 3.58. The van der Waals surface area contributed by atoms with Crippen LogP contribution in [0.2, 0.25) is 0 Å². The van der Waals surface area contributed by atoms with E-state index in [-0.39, 0.29) is 18.1 Å². The first-order valence-corrected chi connectivity index (χ1v) is 8.37. The number of hydrogen-bond acceptors (Lipinski definition) is 4. The molecular formula is C12H25N3O3S. The van der Waals surface area contributed by atoms with Gasteiger partial charge >= 0.3 is 0 Å². The maximum atomic E-state index is 11.9. The molecule has 0 spiro atoms. The van der Waals surface area contributed by atoms with Gasteiger partial charge in [0.15, 0.2) is 0 Å². The first-order chi connectivity index (χ1) is 8.77. The Balaban J connectivity index is 2.32. The lowest BCUT2D eigenvalue weighted by Gasteiger charge is -2.24. The molecule has 0 saturated carbocycles. The summed E-state index contributed by atoms with van der Waals surface area (Å²) in [4.78, 5) is 11.6. The molecule has 1 aliphatic rings. The molecule has 1 amide bonds. The third-order valence-electron chi connectivity index (χ3n) is 3.25. The van der Waals surface area contributed by atoms with Crippen molar-refractivity contribution in [3.8, 4) is 0 Å². The van der Waals surface area contributed by atoms with E-state index in [4.69, 9.17) is 5.73 Å². The number of rotatable bonds is 7. The summed E-state index contributed by atoms with van der Waals surface area (Å²) in [6.45, 7) is 5.27. The maximum Gasteiger partial charge on any atom is 0.220 e. The van der Waals surface area contributed by atoms with Gasteiger partial charge in [0, 0.05) is 31.6 Å². The number of nitrogens with two attached hydrogens (primary N) is 1. The Hall–Kier alpha value is -0.660. The van der Waals surface area contributed by atoms with Crippen molar-refractivity contribution in [3.05, 3.63) is 0 Å². The second-order valence-electron chi connectivity index (χ2n) is 5.66. The van der Waals surface area contributed by atoms with E-state index >= 15 is 0 Å². The summed E-state index contributed by atoms with van der Waals surface area (Å²) in [7, 11) is -3.18. The van der Waals surface area contributed by atoms with Gasteiger partial charge in [-0.15, -0.1) is 0 Å². The molecule has 1 heterocycles. The molecule has 112 valence electrons. The Bertz CT molecular complexity index is 400. The maximum absolute atomic E-state index is 11.9. The number of hydrogen-bond donors (Lipinski definition) is 2. The first-order valence-electron chi connectivity index (χ1n) is 6.76. The molecule has 1 aliphatic heterocycles. The zero-order valence-electron chi connectivity index (χ0n) is 11.8. The van der Waals surface area contributed by atoms with Crippen molar-refractivity contribution in [2.24, 2.45) is 5.73 Å². The summed E-state index contributed by atoms with van der Waals surface area (Å²) >= 11 is 0. The summed E-state index contributed by atoms with van der Waals surface area (Å²) in [6.07, 6.45) is 2.44.